The van der Waals surface area contributed by atoms with Crippen molar-refractivity contribution in [2.75, 3.05) is 5.73 Å². The summed E-state index contributed by atoms with van der Waals surface area (Å²) in [4.78, 5) is 7.84. The number of rotatable bonds is 3. The van der Waals surface area contributed by atoms with E-state index in [1.54, 1.807) is 0 Å². The fraction of sp³-hybridized carbons (Fsp3) is 0.158. The van der Waals surface area contributed by atoms with E-state index < -0.39 is 0 Å². The molecule has 0 amide bonds. The molecule has 2 heterocycles. The van der Waals surface area contributed by atoms with E-state index in [1.807, 2.05) is 22.8 Å². The van der Waals surface area contributed by atoms with Gasteiger partial charge in [-0.25, -0.2) is 4.98 Å². The van der Waals surface area contributed by atoms with Crippen molar-refractivity contribution in [3.8, 4) is 0 Å². The molecule has 24 heavy (non-hydrogen) atoms. The van der Waals surface area contributed by atoms with Gasteiger partial charge in [0.25, 0.3) is 0 Å². The molecule has 0 saturated heterocycles. The van der Waals surface area contributed by atoms with E-state index in [9.17, 15) is 0 Å². The van der Waals surface area contributed by atoms with Crippen LogP contribution >= 0.6 is 12.2 Å². The summed E-state index contributed by atoms with van der Waals surface area (Å²) in [6.07, 6.45) is 2.91. The van der Waals surface area contributed by atoms with Crippen LogP contribution in [-0.2, 0) is 13.0 Å². The number of nitrogen functional groups attached to an aromatic ring is 1. The van der Waals surface area contributed by atoms with Crippen molar-refractivity contribution in [1.82, 2.24) is 14.5 Å². The maximum Gasteiger partial charge on any atom is 0.201 e. The molecule has 0 spiro atoms. The zero-order valence-corrected chi connectivity index (χ0v) is 14.2. The van der Waals surface area contributed by atoms with E-state index >= 15 is 0 Å². The summed E-state index contributed by atoms with van der Waals surface area (Å²) in [6, 6.07) is 14.4. The molecular formula is C19H18N4S. The number of fused-ring (bicyclic) bond motifs is 2. The molecule has 4 nitrogen and oxygen atoms in total. The first-order chi connectivity index (χ1) is 11.6. The number of hydrogen-bond acceptors (Lipinski definition) is 3. The molecule has 0 fully saturated rings. The third-order valence-corrected chi connectivity index (χ3v) is 4.76. The average molecular weight is 334 g/mol. The van der Waals surface area contributed by atoms with Gasteiger partial charge in [0, 0.05) is 29.0 Å². The molecule has 4 rings (SSSR count). The third kappa shape index (κ3) is 2.47. The van der Waals surface area contributed by atoms with Crippen LogP contribution in [0.1, 0.15) is 11.1 Å². The second-order valence-electron chi connectivity index (χ2n) is 6.06. The van der Waals surface area contributed by atoms with Gasteiger partial charge in [0.15, 0.2) is 0 Å². The lowest BCUT2D eigenvalue weighted by Gasteiger charge is -2.13. The number of hydrogen-bond donors (Lipinski definition) is 2. The number of para-hydroxylation sites is 1. The van der Waals surface area contributed by atoms with Gasteiger partial charge >= 0.3 is 0 Å². The van der Waals surface area contributed by atoms with Crippen molar-refractivity contribution in [2.45, 2.75) is 19.9 Å². The van der Waals surface area contributed by atoms with Gasteiger partial charge in [-0.2, -0.15) is 0 Å². The topological polar surface area (TPSA) is 59.6 Å². The van der Waals surface area contributed by atoms with Gasteiger partial charge < -0.3 is 15.3 Å². The van der Waals surface area contributed by atoms with Crippen molar-refractivity contribution in [3.05, 3.63) is 64.6 Å². The van der Waals surface area contributed by atoms with E-state index in [0.29, 0.717) is 17.1 Å². The smallest absolute Gasteiger partial charge is 0.201 e. The summed E-state index contributed by atoms with van der Waals surface area (Å²) in [6.45, 7) is 2.76. The lowest BCUT2D eigenvalue weighted by Crippen LogP contribution is -2.11. The van der Waals surface area contributed by atoms with Crippen LogP contribution in [0.3, 0.4) is 0 Å². The Balaban J connectivity index is 1.73. The Hall–Kier alpha value is -2.66. The fourth-order valence-electron chi connectivity index (χ4n) is 3.15. The largest absolute Gasteiger partial charge is 0.384 e. The number of anilines is 1. The molecule has 0 saturated carbocycles. The van der Waals surface area contributed by atoms with Crippen molar-refractivity contribution in [2.24, 2.45) is 0 Å². The van der Waals surface area contributed by atoms with Gasteiger partial charge in [0.2, 0.25) is 4.77 Å². The Morgan fingerprint density at radius 1 is 1.17 bits per heavy atom. The molecule has 2 aromatic carbocycles. The predicted octanol–water partition coefficient (Wildman–Crippen LogP) is 4.38. The van der Waals surface area contributed by atoms with Gasteiger partial charge in [-0.15, -0.1) is 0 Å². The van der Waals surface area contributed by atoms with Gasteiger partial charge in [-0.3, -0.25) is 0 Å². The second kappa shape index (κ2) is 5.76. The SMILES string of the molecule is Cc1ccc2nc(=S)n(CCc3c[nH]c4ccccc34)c(N)c2c1. The van der Waals surface area contributed by atoms with Crippen LogP contribution in [0, 0.1) is 11.7 Å². The molecule has 120 valence electrons. The van der Waals surface area contributed by atoms with Gasteiger partial charge in [-0.05, 0) is 49.3 Å². The molecule has 0 aliphatic rings. The van der Waals surface area contributed by atoms with Gasteiger partial charge in [0.1, 0.15) is 5.82 Å². The van der Waals surface area contributed by atoms with Crippen LogP contribution in [0.5, 0.6) is 0 Å². The minimum Gasteiger partial charge on any atom is -0.384 e. The first kappa shape index (κ1) is 14.9. The predicted molar refractivity (Wildman–Crippen MR) is 102 cm³/mol. The number of H-pyrrole nitrogens is 1. The Bertz CT molecular complexity index is 1110. The maximum atomic E-state index is 6.39. The van der Waals surface area contributed by atoms with Crippen LogP contribution in [0.15, 0.2) is 48.7 Å². The Morgan fingerprint density at radius 3 is 2.88 bits per heavy atom. The molecular weight excluding hydrogens is 316 g/mol. The van der Waals surface area contributed by atoms with Crippen LogP contribution in [-0.4, -0.2) is 14.5 Å². The van der Waals surface area contributed by atoms with E-state index in [2.05, 4.69) is 47.4 Å². The monoisotopic (exact) mass is 334 g/mol. The highest BCUT2D eigenvalue weighted by Gasteiger charge is 2.09. The Morgan fingerprint density at radius 2 is 2.00 bits per heavy atom. The number of aromatic amines is 1. The number of nitrogens with zero attached hydrogens (tertiary/aromatic N) is 2. The molecule has 0 unspecified atom stereocenters. The summed E-state index contributed by atoms with van der Waals surface area (Å²) >= 11 is 5.45. The summed E-state index contributed by atoms with van der Waals surface area (Å²) in [5.41, 5.74) is 10.8. The summed E-state index contributed by atoms with van der Waals surface area (Å²) < 4.78 is 2.46. The van der Waals surface area contributed by atoms with E-state index in [0.717, 1.165) is 28.4 Å². The number of nitrogens with two attached hydrogens (primary N) is 1. The highest BCUT2D eigenvalue weighted by molar-refractivity contribution is 7.71. The minimum absolute atomic E-state index is 0.531. The minimum atomic E-state index is 0.531. The van der Waals surface area contributed by atoms with Crippen LogP contribution < -0.4 is 5.73 Å². The highest BCUT2D eigenvalue weighted by Crippen LogP contribution is 2.23. The number of aryl methyl sites for hydroxylation is 2. The van der Waals surface area contributed by atoms with Gasteiger partial charge in [0.05, 0.1) is 5.52 Å². The molecule has 0 atom stereocenters. The lowest BCUT2D eigenvalue weighted by molar-refractivity contribution is 0.684. The van der Waals surface area contributed by atoms with Crippen molar-refractivity contribution >= 4 is 39.8 Å². The summed E-state index contributed by atoms with van der Waals surface area (Å²) in [7, 11) is 0. The molecule has 3 N–H and O–H groups in total. The van der Waals surface area contributed by atoms with E-state index in [4.69, 9.17) is 18.0 Å². The quantitative estimate of drug-likeness (QED) is 0.547. The van der Waals surface area contributed by atoms with E-state index in [-0.39, 0.29) is 0 Å². The zero-order valence-electron chi connectivity index (χ0n) is 13.4. The molecule has 0 aliphatic carbocycles. The second-order valence-corrected chi connectivity index (χ2v) is 6.43. The number of aromatic nitrogens is 3. The summed E-state index contributed by atoms with van der Waals surface area (Å²) in [5, 5.41) is 2.20. The van der Waals surface area contributed by atoms with Crippen LogP contribution in [0.2, 0.25) is 0 Å². The van der Waals surface area contributed by atoms with E-state index in [1.165, 1.54) is 10.9 Å². The van der Waals surface area contributed by atoms with Crippen LogP contribution in [0.4, 0.5) is 5.82 Å². The molecule has 2 aromatic heterocycles. The first-order valence-corrected chi connectivity index (χ1v) is 8.36. The molecule has 0 aliphatic heterocycles. The number of nitrogens with one attached hydrogen (secondary N) is 1. The molecule has 0 bridgehead atoms. The number of benzene rings is 2. The average Bonchev–Trinajstić information content (AvgIpc) is 2.99. The van der Waals surface area contributed by atoms with Crippen molar-refractivity contribution < 1.29 is 0 Å². The fourth-order valence-corrected chi connectivity index (χ4v) is 3.44. The highest BCUT2D eigenvalue weighted by atomic mass is 32.1. The Labute approximate surface area is 145 Å². The first-order valence-electron chi connectivity index (χ1n) is 7.95. The molecule has 5 heteroatoms. The van der Waals surface area contributed by atoms with Crippen molar-refractivity contribution in [3.63, 3.8) is 0 Å². The lowest BCUT2D eigenvalue weighted by atomic mass is 10.1. The molecule has 0 radical (unpaired) electrons. The maximum absolute atomic E-state index is 6.39. The van der Waals surface area contributed by atoms with Gasteiger partial charge in [-0.1, -0.05) is 29.8 Å². The summed E-state index contributed by atoms with van der Waals surface area (Å²) in [5.74, 6) is 0.688. The van der Waals surface area contributed by atoms with Crippen molar-refractivity contribution in [1.29, 1.82) is 0 Å². The normalized spacial score (nSPS) is 11.4. The molecule has 4 aromatic rings. The Kier molecular flexibility index (Phi) is 3.58. The van der Waals surface area contributed by atoms with Crippen LogP contribution in [0.25, 0.3) is 21.8 Å². The zero-order chi connectivity index (χ0) is 16.7. The standard InChI is InChI=1S/C19H18N4S/c1-12-6-7-17-15(10-12)18(20)23(19(24)22-17)9-8-13-11-21-16-5-3-2-4-14(13)16/h2-7,10-11,21H,8-9,20H2,1H3. The third-order valence-electron chi connectivity index (χ3n) is 4.45.